The summed E-state index contributed by atoms with van der Waals surface area (Å²) in [4.78, 5) is 23.1. The first kappa shape index (κ1) is 30.9. The maximum absolute atomic E-state index is 11.6. The van der Waals surface area contributed by atoms with E-state index >= 15 is 0 Å². The van der Waals surface area contributed by atoms with Gasteiger partial charge in [-0.05, 0) is 11.8 Å². The molecule has 0 rings (SSSR count). The Morgan fingerprint density at radius 3 is 1.34 bits per heavy atom. The van der Waals surface area contributed by atoms with E-state index in [2.05, 4.69) is 6.92 Å². The van der Waals surface area contributed by atoms with Gasteiger partial charge in [-0.1, -0.05) is 124 Å². The number of hydrogen-bond acceptors (Lipinski definition) is 5. The molecule has 0 aliphatic carbocycles. The molecule has 0 amide bonds. The van der Waals surface area contributed by atoms with Crippen molar-refractivity contribution < 1.29 is 23.8 Å². The zero-order valence-corrected chi connectivity index (χ0v) is 21.7. The summed E-state index contributed by atoms with van der Waals surface area (Å²) in [6, 6.07) is 0. The first-order chi connectivity index (χ1) is 15.3. The predicted molar refractivity (Wildman–Crippen MR) is 132 cm³/mol. The van der Waals surface area contributed by atoms with Crippen LogP contribution in [0.4, 0.5) is 0 Å². The molecule has 0 aromatic carbocycles. The number of rotatable bonds is 22. The first-order valence-corrected chi connectivity index (χ1v) is 13.2. The van der Waals surface area contributed by atoms with Gasteiger partial charge in [0.15, 0.2) is 0 Å². The van der Waals surface area contributed by atoms with Gasteiger partial charge in [-0.15, -0.1) is 0 Å². The maximum atomic E-state index is 11.6. The number of esters is 2. The van der Waals surface area contributed by atoms with E-state index in [0.717, 1.165) is 12.8 Å². The van der Waals surface area contributed by atoms with Crippen LogP contribution >= 0.6 is 0 Å². The van der Waals surface area contributed by atoms with Gasteiger partial charge in [0.05, 0.1) is 13.2 Å². The third-order valence-electron chi connectivity index (χ3n) is 5.37. The molecule has 0 aromatic heterocycles. The van der Waals surface area contributed by atoms with Crippen molar-refractivity contribution in [3.05, 3.63) is 0 Å². The monoisotopic (exact) mass is 456 g/mol. The molecule has 5 heteroatoms. The molecular formula is C27H52O5. The minimum absolute atomic E-state index is 0.0818. The second-order valence-corrected chi connectivity index (χ2v) is 10.2. The Morgan fingerprint density at radius 1 is 0.562 bits per heavy atom. The average Bonchev–Trinajstić information content (AvgIpc) is 2.74. The van der Waals surface area contributed by atoms with E-state index in [0.29, 0.717) is 13.2 Å². The molecule has 32 heavy (non-hydrogen) atoms. The third kappa shape index (κ3) is 25.2. The Morgan fingerprint density at radius 2 is 0.938 bits per heavy atom. The molecule has 0 heterocycles. The van der Waals surface area contributed by atoms with Gasteiger partial charge in [0, 0.05) is 0 Å². The molecule has 0 aromatic rings. The summed E-state index contributed by atoms with van der Waals surface area (Å²) < 4.78 is 15.3. The third-order valence-corrected chi connectivity index (χ3v) is 5.37. The van der Waals surface area contributed by atoms with Gasteiger partial charge < -0.3 is 14.2 Å². The van der Waals surface area contributed by atoms with E-state index in [9.17, 15) is 9.59 Å². The molecule has 190 valence electrons. The molecule has 5 nitrogen and oxygen atoms in total. The summed E-state index contributed by atoms with van der Waals surface area (Å²) in [5, 5.41) is 0. The SMILES string of the molecule is CCCCCCCCCCCCCCCCCCOC(=O)COCC(=O)OCC(C)(C)C. The molecule has 0 saturated heterocycles. The second kappa shape index (κ2) is 21.7. The first-order valence-electron chi connectivity index (χ1n) is 13.2. The zero-order chi connectivity index (χ0) is 23.9. The molecule has 0 N–H and O–H groups in total. The summed E-state index contributed by atoms with van der Waals surface area (Å²) in [6.07, 6.45) is 21.1. The fourth-order valence-corrected chi connectivity index (χ4v) is 3.43. The van der Waals surface area contributed by atoms with Crippen molar-refractivity contribution in [2.75, 3.05) is 26.4 Å². The molecule has 0 spiro atoms. The molecular weight excluding hydrogens is 404 g/mol. The van der Waals surface area contributed by atoms with Crippen molar-refractivity contribution >= 4 is 11.9 Å². The van der Waals surface area contributed by atoms with Crippen molar-refractivity contribution in [2.45, 2.75) is 130 Å². The highest BCUT2D eigenvalue weighted by Crippen LogP contribution is 2.14. The van der Waals surface area contributed by atoms with Gasteiger partial charge in [-0.3, -0.25) is 0 Å². The standard InChI is InChI=1S/C27H52O5/c1-5-6-7-8-9-10-11-12-13-14-15-16-17-18-19-20-21-31-25(28)22-30-23-26(29)32-24-27(2,3)4/h5-24H2,1-4H3. The topological polar surface area (TPSA) is 61.8 Å². The van der Waals surface area contributed by atoms with Crippen LogP contribution in [0.2, 0.25) is 0 Å². The quantitative estimate of drug-likeness (QED) is 0.125. The van der Waals surface area contributed by atoms with Crippen LogP contribution in [0.5, 0.6) is 0 Å². The van der Waals surface area contributed by atoms with Gasteiger partial charge in [0.25, 0.3) is 0 Å². The average molecular weight is 457 g/mol. The Bertz CT molecular complexity index is 442. The van der Waals surface area contributed by atoms with Crippen LogP contribution in [0.15, 0.2) is 0 Å². The Balaban J connectivity index is 3.26. The fourth-order valence-electron chi connectivity index (χ4n) is 3.43. The zero-order valence-electron chi connectivity index (χ0n) is 21.7. The van der Waals surface area contributed by atoms with E-state index in [1.807, 2.05) is 20.8 Å². The molecule has 0 radical (unpaired) electrons. The number of carbonyl (C=O) groups excluding carboxylic acids is 2. The lowest BCUT2D eigenvalue weighted by molar-refractivity contribution is -0.157. The van der Waals surface area contributed by atoms with E-state index < -0.39 is 11.9 Å². The molecule has 0 saturated carbocycles. The molecule has 0 aliphatic rings. The van der Waals surface area contributed by atoms with Crippen molar-refractivity contribution in [1.29, 1.82) is 0 Å². The maximum Gasteiger partial charge on any atom is 0.332 e. The summed E-state index contributed by atoms with van der Waals surface area (Å²) >= 11 is 0. The van der Waals surface area contributed by atoms with Crippen molar-refractivity contribution in [3.63, 3.8) is 0 Å². The van der Waals surface area contributed by atoms with E-state index in [4.69, 9.17) is 14.2 Å². The van der Waals surface area contributed by atoms with Crippen LogP contribution in [0.25, 0.3) is 0 Å². The smallest absolute Gasteiger partial charge is 0.332 e. The molecule has 0 fully saturated rings. The molecule has 0 atom stereocenters. The minimum Gasteiger partial charge on any atom is -0.464 e. The second-order valence-electron chi connectivity index (χ2n) is 10.2. The van der Waals surface area contributed by atoms with Gasteiger partial charge in [0.1, 0.15) is 13.2 Å². The van der Waals surface area contributed by atoms with Gasteiger partial charge in [-0.25, -0.2) is 9.59 Å². The number of unbranched alkanes of at least 4 members (excludes halogenated alkanes) is 15. The van der Waals surface area contributed by atoms with E-state index in [-0.39, 0.29) is 18.6 Å². The van der Waals surface area contributed by atoms with Gasteiger partial charge in [0.2, 0.25) is 0 Å². The fraction of sp³-hybridized carbons (Fsp3) is 0.926. The van der Waals surface area contributed by atoms with Gasteiger partial charge >= 0.3 is 11.9 Å². The normalized spacial score (nSPS) is 11.5. The highest BCUT2D eigenvalue weighted by molar-refractivity contribution is 5.73. The van der Waals surface area contributed by atoms with Crippen LogP contribution in [0, 0.1) is 5.41 Å². The Labute approximate surface area is 198 Å². The minimum atomic E-state index is -0.453. The summed E-state index contributed by atoms with van der Waals surface area (Å²) in [5.74, 6) is -0.875. The van der Waals surface area contributed by atoms with Crippen molar-refractivity contribution in [3.8, 4) is 0 Å². The number of ether oxygens (including phenoxy) is 3. The number of hydrogen-bond donors (Lipinski definition) is 0. The summed E-state index contributed by atoms with van der Waals surface area (Å²) in [7, 11) is 0. The molecule has 0 aliphatic heterocycles. The lowest BCUT2D eigenvalue weighted by Crippen LogP contribution is -2.23. The highest BCUT2D eigenvalue weighted by atomic mass is 16.6. The van der Waals surface area contributed by atoms with Crippen LogP contribution < -0.4 is 0 Å². The van der Waals surface area contributed by atoms with Crippen molar-refractivity contribution in [2.24, 2.45) is 5.41 Å². The van der Waals surface area contributed by atoms with Crippen LogP contribution in [-0.2, 0) is 23.8 Å². The summed E-state index contributed by atoms with van der Waals surface area (Å²) in [6.45, 7) is 8.56. The highest BCUT2D eigenvalue weighted by Gasteiger charge is 2.14. The van der Waals surface area contributed by atoms with E-state index in [1.165, 1.54) is 89.9 Å². The van der Waals surface area contributed by atoms with Crippen molar-refractivity contribution in [1.82, 2.24) is 0 Å². The van der Waals surface area contributed by atoms with Crippen LogP contribution in [0.1, 0.15) is 130 Å². The van der Waals surface area contributed by atoms with E-state index in [1.54, 1.807) is 0 Å². The predicted octanol–water partition coefficient (Wildman–Crippen LogP) is 7.40. The van der Waals surface area contributed by atoms with Gasteiger partial charge in [-0.2, -0.15) is 0 Å². The lowest BCUT2D eigenvalue weighted by atomic mass is 9.99. The Hall–Kier alpha value is -1.10. The molecule has 0 unspecified atom stereocenters. The number of carbonyl (C=O) groups is 2. The lowest BCUT2D eigenvalue weighted by Gasteiger charge is -2.17. The van der Waals surface area contributed by atoms with Crippen LogP contribution in [0.3, 0.4) is 0 Å². The summed E-state index contributed by atoms with van der Waals surface area (Å²) in [5.41, 5.74) is -0.0818. The molecule has 0 bridgehead atoms. The largest absolute Gasteiger partial charge is 0.464 e. The Kier molecular flexibility index (Phi) is 21.0. The van der Waals surface area contributed by atoms with Crippen LogP contribution in [-0.4, -0.2) is 38.4 Å².